The molecule has 1 aliphatic rings. The van der Waals surface area contributed by atoms with E-state index in [0.717, 1.165) is 11.1 Å². The number of hydrogen-bond donors (Lipinski definition) is 1. The van der Waals surface area contributed by atoms with Crippen LogP contribution in [0.25, 0.3) is 0 Å². The number of likely N-dealkylation sites (tertiary alicyclic amines) is 1. The summed E-state index contributed by atoms with van der Waals surface area (Å²) in [6.07, 6.45) is 1.08. The van der Waals surface area contributed by atoms with Crippen molar-refractivity contribution in [3.63, 3.8) is 0 Å². The van der Waals surface area contributed by atoms with E-state index in [1.807, 2.05) is 12.1 Å². The molecule has 2 aromatic carbocycles. The van der Waals surface area contributed by atoms with E-state index in [2.05, 4.69) is 4.90 Å². The van der Waals surface area contributed by atoms with E-state index in [9.17, 15) is 14.3 Å². The largest absolute Gasteiger partial charge is 0.496 e. The van der Waals surface area contributed by atoms with Crippen LogP contribution in [0.3, 0.4) is 0 Å². The predicted octanol–water partition coefficient (Wildman–Crippen LogP) is 3.74. The van der Waals surface area contributed by atoms with Crippen molar-refractivity contribution in [1.29, 1.82) is 0 Å². The first-order valence-electron chi connectivity index (χ1n) is 9.50. The maximum atomic E-state index is 14.1. The number of methoxy groups -OCH3 is 3. The van der Waals surface area contributed by atoms with Gasteiger partial charge >= 0.3 is 5.97 Å². The Morgan fingerprint density at radius 2 is 1.66 bits per heavy atom. The van der Waals surface area contributed by atoms with E-state index in [0.29, 0.717) is 43.2 Å². The highest BCUT2D eigenvalue weighted by Crippen LogP contribution is 2.42. The predicted molar refractivity (Wildman–Crippen MR) is 106 cm³/mol. The number of halogens is 1. The summed E-state index contributed by atoms with van der Waals surface area (Å²) in [5, 5.41) is 9.32. The molecule has 0 amide bonds. The molecule has 2 aromatic rings. The van der Waals surface area contributed by atoms with Crippen LogP contribution >= 0.6 is 0 Å². The van der Waals surface area contributed by atoms with Gasteiger partial charge in [0.15, 0.2) is 11.5 Å². The highest BCUT2D eigenvalue weighted by atomic mass is 19.1. The topological polar surface area (TPSA) is 68.2 Å². The van der Waals surface area contributed by atoms with Crippen LogP contribution in [0.1, 0.15) is 30.0 Å². The number of carboxylic acids is 1. The van der Waals surface area contributed by atoms with E-state index < -0.39 is 5.97 Å². The maximum Gasteiger partial charge on any atom is 0.306 e. The first-order valence-corrected chi connectivity index (χ1v) is 9.50. The quantitative estimate of drug-likeness (QED) is 0.760. The summed E-state index contributed by atoms with van der Waals surface area (Å²) in [5.74, 6) is 0.229. The van der Waals surface area contributed by atoms with Gasteiger partial charge in [0.1, 0.15) is 11.6 Å². The lowest BCUT2D eigenvalue weighted by molar-refractivity contribution is -0.143. The van der Waals surface area contributed by atoms with Gasteiger partial charge in [-0.15, -0.1) is 0 Å². The molecule has 1 aliphatic heterocycles. The van der Waals surface area contributed by atoms with Crippen molar-refractivity contribution >= 4 is 5.97 Å². The highest BCUT2D eigenvalue weighted by molar-refractivity contribution is 5.70. The van der Waals surface area contributed by atoms with Crippen LogP contribution in [0, 0.1) is 11.7 Å². The normalized spacial score (nSPS) is 16.3. The molecule has 29 heavy (non-hydrogen) atoms. The Morgan fingerprint density at radius 3 is 2.21 bits per heavy atom. The van der Waals surface area contributed by atoms with Gasteiger partial charge in [-0.05, 0) is 49.7 Å². The van der Waals surface area contributed by atoms with Crippen LogP contribution in [0.15, 0.2) is 36.4 Å². The van der Waals surface area contributed by atoms with Gasteiger partial charge in [-0.1, -0.05) is 12.1 Å². The molecule has 0 bridgehead atoms. The number of nitrogens with zero attached hydrogens (tertiary/aromatic N) is 1. The van der Waals surface area contributed by atoms with Crippen LogP contribution in [0.2, 0.25) is 0 Å². The number of hydrogen-bond acceptors (Lipinski definition) is 5. The SMILES string of the molecule is COc1cc(OC)c(C(c2cccc(F)c2)N2CCC(C(=O)O)CC2)cc1OC. The van der Waals surface area contributed by atoms with Crippen LogP contribution in [0.4, 0.5) is 4.39 Å². The van der Waals surface area contributed by atoms with Crippen molar-refractivity contribution in [1.82, 2.24) is 4.90 Å². The van der Waals surface area contributed by atoms with Gasteiger partial charge in [0.25, 0.3) is 0 Å². The first-order chi connectivity index (χ1) is 14.0. The van der Waals surface area contributed by atoms with Crippen molar-refractivity contribution in [2.75, 3.05) is 34.4 Å². The summed E-state index contributed by atoms with van der Waals surface area (Å²) >= 11 is 0. The minimum Gasteiger partial charge on any atom is -0.496 e. The monoisotopic (exact) mass is 403 g/mol. The second-order valence-corrected chi connectivity index (χ2v) is 7.06. The van der Waals surface area contributed by atoms with Gasteiger partial charge < -0.3 is 19.3 Å². The number of piperidine rings is 1. The van der Waals surface area contributed by atoms with Gasteiger partial charge in [-0.2, -0.15) is 0 Å². The van der Waals surface area contributed by atoms with E-state index >= 15 is 0 Å². The van der Waals surface area contributed by atoms with Crippen LogP contribution in [0.5, 0.6) is 17.2 Å². The molecule has 0 spiro atoms. The first kappa shape index (κ1) is 20.9. The Morgan fingerprint density at radius 1 is 1.03 bits per heavy atom. The van der Waals surface area contributed by atoms with Crippen molar-refractivity contribution < 1.29 is 28.5 Å². The fourth-order valence-corrected chi connectivity index (χ4v) is 3.93. The zero-order chi connectivity index (χ0) is 21.0. The molecule has 1 unspecified atom stereocenters. The van der Waals surface area contributed by atoms with E-state index in [1.54, 1.807) is 33.5 Å². The molecular weight excluding hydrogens is 377 g/mol. The molecule has 7 heteroatoms. The standard InChI is InChI=1S/C22H26FNO5/c1-27-18-13-20(29-3)19(28-2)12-17(18)21(15-5-4-6-16(23)11-15)24-9-7-14(8-10-24)22(25)26/h4-6,11-14,21H,7-10H2,1-3H3,(H,25,26). The third-order valence-corrected chi connectivity index (χ3v) is 5.44. The Kier molecular flexibility index (Phi) is 6.59. The summed E-state index contributed by atoms with van der Waals surface area (Å²) in [5.41, 5.74) is 1.58. The molecule has 6 nitrogen and oxygen atoms in total. The fourth-order valence-electron chi connectivity index (χ4n) is 3.93. The van der Waals surface area contributed by atoms with Gasteiger partial charge in [0, 0.05) is 11.6 Å². The number of ether oxygens (including phenoxy) is 3. The van der Waals surface area contributed by atoms with Crippen molar-refractivity contribution in [3.8, 4) is 17.2 Å². The van der Waals surface area contributed by atoms with Crippen molar-refractivity contribution in [2.24, 2.45) is 5.92 Å². The van der Waals surface area contributed by atoms with Gasteiger partial charge in [-0.3, -0.25) is 9.69 Å². The zero-order valence-electron chi connectivity index (χ0n) is 16.9. The maximum absolute atomic E-state index is 14.1. The van der Waals surface area contributed by atoms with E-state index in [1.165, 1.54) is 12.1 Å². The van der Waals surface area contributed by atoms with E-state index in [4.69, 9.17) is 14.2 Å². The van der Waals surface area contributed by atoms with Gasteiger partial charge in [0.2, 0.25) is 0 Å². The lowest BCUT2D eigenvalue weighted by atomic mass is 9.90. The number of carbonyl (C=O) groups is 1. The van der Waals surface area contributed by atoms with Crippen LogP contribution in [-0.2, 0) is 4.79 Å². The third kappa shape index (κ3) is 4.45. The van der Waals surface area contributed by atoms with Gasteiger partial charge in [0.05, 0.1) is 33.3 Å². The van der Waals surface area contributed by atoms with Crippen molar-refractivity contribution in [3.05, 3.63) is 53.3 Å². The Bertz CT molecular complexity index is 864. The second kappa shape index (κ2) is 9.13. The molecular formula is C22H26FNO5. The zero-order valence-corrected chi connectivity index (χ0v) is 16.9. The second-order valence-electron chi connectivity index (χ2n) is 7.06. The molecule has 1 saturated heterocycles. The van der Waals surface area contributed by atoms with Crippen LogP contribution < -0.4 is 14.2 Å². The van der Waals surface area contributed by atoms with Crippen molar-refractivity contribution in [2.45, 2.75) is 18.9 Å². The molecule has 1 N–H and O–H groups in total. The average Bonchev–Trinajstić information content (AvgIpc) is 2.74. The molecule has 3 rings (SSSR count). The lowest BCUT2D eigenvalue weighted by Crippen LogP contribution is -2.39. The lowest BCUT2D eigenvalue weighted by Gasteiger charge is -2.37. The molecule has 1 atom stereocenters. The summed E-state index contributed by atoms with van der Waals surface area (Å²) in [6, 6.07) is 9.74. The molecule has 0 aliphatic carbocycles. The summed E-state index contributed by atoms with van der Waals surface area (Å²) in [6.45, 7) is 1.16. The number of aliphatic carboxylic acids is 1. The molecule has 0 radical (unpaired) electrons. The minimum atomic E-state index is -0.768. The number of carboxylic acid groups (broad SMARTS) is 1. The number of rotatable bonds is 7. The van der Waals surface area contributed by atoms with Gasteiger partial charge in [-0.25, -0.2) is 4.39 Å². The molecule has 1 heterocycles. The highest BCUT2D eigenvalue weighted by Gasteiger charge is 2.32. The van der Waals surface area contributed by atoms with E-state index in [-0.39, 0.29) is 17.8 Å². The summed E-state index contributed by atoms with van der Waals surface area (Å²) < 4.78 is 30.5. The Hall–Kier alpha value is -2.80. The molecule has 0 saturated carbocycles. The Balaban J connectivity index is 2.08. The molecule has 156 valence electrons. The summed E-state index contributed by atoms with van der Waals surface area (Å²) in [7, 11) is 4.69. The Labute approximate surface area is 169 Å². The summed E-state index contributed by atoms with van der Waals surface area (Å²) in [4.78, 5) is 13.5. The smallest absolute Gasteiger partial charge is 0.306 e. The third-order valence-electron chi connectivity index (χ3n) is 5.44. The minimum absolute atomic E-state index is 0.310. The molecule has 0 aromatic heterocycles. The molecule has 1 fully saturated rings. The van der Waals surface area contributed by atoms with Crippen LogP contribution in [-0.4, -0.2) is 50.4 Å². The average molecular weight is 403 g/mol. The fraction of sp³-hybridized carbons (Fsp3) is 0.409. The number of benzene rings is 2.